The average molecular weight is 180 g/mol. The van der Waals surface area contributed by atoms with Crippen molar-refractivity contribution in [2.75, 3.05) is 13.1 Å². The van der Waals surface area contributed by atoms with Crippen LogP contribution in [0.5, 0.6) is 0 Å². The summed E-state index contributed by atoms with van der Waals surface area (Å²) >= 11 is 0. The number of piperidine rings is 1. The molecule has 0 unspecified atom stereocenters. The van der Waals surface area contributed by atoms with Gasteiger partial charge in [-0.05, 0) is 25.6 Å². The minimum atomic E-state index is -0.134. The molecule has 3 nitrogen and oxygen atoms in total. The van der Waals surface area contributed by atoms with E-state index in [2.05, 4.69) is 23.2 Å². The lowest BCUT2D eigenvalue weighted by atomic mass is 10.1. The first-order valence-electron chi connectivity index (χ1n) is 4.48. The van der Waals surface area contributed by atoms with Crippen molar-refractivity contribution in [3.63, 3.8) is 0 Å². The number of aliphatic hydroxyl groups is 1. The van der Waals surface area contributed by atoms with Gasteiger partial charge in [0.1, 0.15) is 0 Å². The maximum Gasteiger partial charge on any atom is 0.0574 e. The summed E-state index contributed by atoms with van der Waals surface area (Å²) in [5, 5.41) is 9.28. The van der Waals surface area contributed by atoms with Crippen LogP contribution in [0.2, 0.25) is 0 Å². The normalized spacial score (nSPS) is 19.3. The molecule has 0 spiro atoms. The van der Waals surface area contributed by atoms with E-state index in [0.29, 0.717) is 0 Å². The Kier molecular flexibility index (Phi) is 3.71. The minimum Gasteiger partial charge on any atom is -0.393 e. The van der Waals surface area contributed by atoms with E-state index in [-0.39, 0.29) is 6.10 Å². The first kappa shape index (κ1) is 9.99. The van der Waals surface area contributed by atoms with Gasteiger partial charge in [-0.3, -0.25) is 4.99 Å². The topological polar surface area (TPSA) is 35.8 Å². The van der Waals surface area contributed by atoms with Gasteiger partial charge in [0.05, 0.1) is 6.10 Å². The lowest BCUT2D eigenvalue weighted by molar-refractivity contribution is 0.0988. The second-order valence-electron chi connectivity index (χ2n) is 3.21. The fraction of sp³-hybridized carbons (Fsp3) is 0.500. The van der Waals surface area contributed by atoms with Crippen LogP contribution in [-0.2, 0) is 0 Å². The van der Waals surface area contributed by atoms with Crippen LogP contribution in [0.1, 0.15) is 12.8 Å². The van der Waals surface area contributed by atoms with Gasteiger partial charge in [-0.2, -0.15) is 0 Å². The molecule has 0 amide bonds. The van der Waals surface area contributed by atoms with Crippen molar-refractivity contribution >= 4 is 6.72 Å². The minimum absolute atomic E-state index is 0.134. The average Bonchev–Trinajstić information content (AvgIpc) is 2.15. The summed E-state index contributed by atoms with van der Waals surface area (Å²) < 4.78 is 0. The van der Waals surface area contributed by atoms with Gasteiger partial charge < -0.3 is 10.0 Å². The number of allylic oxidation sites excluding steroid dienone is 1. The van der Waals surface area contributed by atoms with Crippen molar-refractivity contribution in [2.24, 2.45) is 4.99 Å². The van der Waals surface area contributed by atoms with Crippen LogP contribution in [-0.4, -0.2) is 35.9 Å². The lowest BCUT2D eigenvalue weighted by Crippen LogP contribution is -2.34. The first-order valence-corrected chi connectivity index (χ1v) is 4.48. The van der Waals surface area contributed by atoms with Crippen LogP contribution >= 0.6 is 0 Å². The van der Waals surface area contributed by atoms with Crippen molar-refractivity contribution in [3.05, 3.63) is 24.6 Å². The molecule has 0 aromatic heterocycles. The molecule has 3 heteroatoms. The Morgan fingerprint density at radius 1 is 1.46 bits per heavy atom. The van der Waals surface area contributed by atoms with Crippen LogP contribution in [0, 0.1) is 0 Å². The molecule has 0 aromatic rings. The van der Waals surface area contributed by atoms with E-state index in [1.165, 1.54) is 0 Å². The summed E-state index contributed by atoms with van der Waals surface area (Å²) in [5.74, 6) is 0. The zero-order valence-corrected chi connectivity index (χ0v) is 7.82. The fourth-order valence-corrected chi connectivity index (χ4v) is 1.40. The SMILES string of the molecule is C=N/C=C\C(=C)N1CCC(O)CC1. The van der Waals surface area contributed by atoms with Crippen LogP contribution in [0.15, 0.2) is 29.5 Å². The molecular formula is C10H16N2O. The van der Waals surface area contributed by atoms with E-state index >= 15 is 0 Å². The maximum absolute atomic E-state index is 9.28. The van der Waals surface area contributed by atoms with Crippen LogP contribution < -0.4 is 0 Å². The molecule has 1 heterocycles. The van der Waals surface area contributed by atoms with Crippen molar-refractivity contribution in [2.45, 2.75) is 18.9 Å². The van der Waals surface area contributed by atoms with Crippen LogP contribution in [0.25, 0.3) is 0 Å². The molecule has 0 aromatic carbocycles. The number of rotatable bonds is 3. The van der Waals surface area contributed by atoms with E-state index in [4.69, 9.17) is 0 Å². The lowest BCUT2D eigenvalue weighted by Gasteiger charge is -2.31. The van der Waals surface area contributed by atoms with E-state index in [1.807, 2.05) is 6.08 Å². The number of nitrogens with zero attached hydrogens (tertiary/aromatic N) is 2. The molecule has 1 aliphatic heterocycles. The highest BCUT2D eigenvalue weighted by molar-refractivity contribution is 5.27. The second kappa shape index (κ2) is 4.82. The molecule has 1 rings (SSSR count). The highest BCUT2D eigenvalue weighted by Gasteiger charge is 2.16. The van der Waals surface area contributed by atoms with E-state index in [9.17, 15) is 5.11 Å². The molecule has 1 fully saturated rings. The number of likely N-dealkylation sites (tertiary alicyclic amines) is 1. The first-order chi connectivity index (χ1) is 6.24. The molecule has 0 radical (unpaired) electrons. The van der Waals surface area contributed by atoms with Crippen molar-refractivity contribution in [1.82, 2.24) is 4.90 Å². The zero-order chi connectivity index (χ0) is 9.68. The smallest absolute Gasteiger partial charge is 0.0574 e. The molecule has 0 saturated carbocycles. The summed E-state index contributed by atoms with van der Waals surface area (Å²) in [6.45, 7) is 9.02. The number of aliphatic hydroxyl groups excluding tert-OH is 1. The fourth-order valence-electron chi connectivity index (χ4n) is 1.40. The molecule has 1 aliphatic rings. The Bertz CT molecular complexity index is 215. The van der Waals surface area contributed by atoms with E-state index in [0.717, 1.165) is 31.6 Å². The summed E-state index contributed by atoms with van der Waals surface area (Å²) in [6, 6.07) is 0. The number of aliphatic imine (C=N–C) groups is 1. The zero-order valence-electron chi connectivity index (χ0n) is 7.82. The summed E-state index contributed by atoms with van der Waals surface area (Å²) in [5.41, 5.74) is 0.944. The molecule has 1 N–H and O–H groups in total. The maximum atomic E-state index is 9.28. The standard InChI is InChI=1S/C10H16N2O/c1-9(3-6-11-2)12-7-4-10(13)5-8-12/h3,6,10,13H,1-2,4-5,7-8H2/b6-3-. The van der Waals surface area contributed by atoms with Gasteiger partial charge in [-0.15, -0.1) is 0 Å². The number of hydrogen-bond donors (Lipinski definition) is 1. The van der Waals surface area contributed by atoms with Crippen molar-refractivity contribution < 1.29 is 5.11 Å². The molecule has 0 atom stereocenters. The van der Waals surface area contributed by atoms with E-state index < -0.39 is 0 Å². The van der Waals surface area contributed by atoms with Gasteiger partial charge in [0.2, 0.25) is 0 Å². The summed E-state index contributed by atoms with van der Waals surface area (Å²) in [4.78, 5) is 5.77. The quantitative estimate of drug-likeness (QED) is 0.523. The Morgan fingerprint density at radius 3 is 2.62 bits per heavy atom. The van der Waals surface area contributed by atoms with Crippen molar-refractivity contribution in [3.8, 4) is 0 Å². The highest BCUT2D eigenvalue weighted by Crippen LogP contribution is 2.14. The third-order valence-corrected chi connectivity index (χ3v) is 2.24. The van der Waals surface area contributed by atoms with Crippen molar-refractivity contribution in [1.29, 1.82) is 0 Å². The van der Waals surface area contributed by atoms with Gasteiger partial charge in [-0.25, -0.2) is 0 Å². The largest absolute Gasteiger partial charge is 0.393 e. The van der Waals surface area contributed by atoms with Gasteiger partial charge in [-0.1, -0.05) is 6.58 Å². The molecule has 1 saturated heterocycles. The second-order valence-corrected chi connectivity index (χ2v) is 3.21. The third-order valence-electron chi connectivity index (χ3n) is 2.24. The predicted octanol–water partition coefficient (Wildman–Crippen LogP) is 1.17. The van der Waals surface area contributed by atoms with E-state index in [1.54, 1.807) is 6.20 Å². The Hall–Kier alpha value is -1.09. The molecule has 72 valence electrons. The summed E-state index contributed by atoms with van der Waals surface area (Å²) in [7, 11) is 0. The third kappa shape index (κ3) is 3.03. The van der Waals surface area contributed by atoms with Gasteiger partial charge in [0.25, 0.3) is 0 Å². The highest BCUT2D eigenvalue weighted by atomic mass is 16.3. The summed E-state index contributed by atoms with van der Waals surface area (Å²) in [6.07, 6.45) is 4.99. The van der Waals surface area contributed by atoms with Crippen LogP contribution in [0.3, 0.4) is 0 Å². The Balaban J connectivity index is 2.40. The van der Waals surface area contributed by atoms with Gasteiger partial charge >= 0.3 is 0 Å². The molecule has 13 heavy (non-hydrogen) atoms. The Labute approximate surface area is 79.1 Å². The number of hydrogen-bond acceptors (Lipinski definition) is 3. The predicted molar refractivity (Wildman–Crippen MR) is 54.6 cm³/mol. The van der Waals surface area contributed by atoms with Gasteiger partial charge in [0.15, 0.2) is 0 Å². The molecule has 0 aliphatic carbocycles. The monoisotopic (exact) mass is 180 g/mol. The van der Waals surface area contributed by atoms with Crippen LogP contribution in [0.4, 0.5) is 0 Å². The Morgan fingerprint density at radius 2 is 2.08 bits per heavy atom. The van der Waals surface area contributed by atoms with Gasteiger partial charge in [0, 0.05) is 25.0 Å². The molecular weight excluding hydrogens is 164 g/mol. The molecule has 0 bridgehead atoms.